The van der Waals surface area contributed by atoms with E-state index >= 15 is 0 Å². The summed E-state index contributed by atoms with van der Waals surface area (Å²) in [5.74, 6) is -0.313. The van der Waals surface area contributed by atoms with Gasteiger partial charge >= 0.3 is 5.97 Å². The second-order valence-corrected chi connectivity index (χ2v) is 8.68. The third kappa shape index (κ3) is 3.80. The van der Waals surface area contributed by atoms with E-state index in [1.807, 2.05) is 64.6 Å². The molecule has 6 nitrogen and oxygen atoms in total. The Kier molecular flexibility index (Phi) is 6.04. The lowest BCUT2D eigenvalue weighted by atomic mass is 10.1. The topological polar surface area (TPSA) is 36.0 Å². The number of quaternary nitrogens is 1. The van der Waals surface area contributed by atoms with Gasteiger partial charge in [-0.05, 0) is 54.9 Å². The summed E-state index contributed by atoms with van der Waals surface area (Å²) in [6.07, 6.45) is 0. The Morgan fingerprint density at radius 2 is 1.15 bits per heavy atom. The molecular formula is C27H33N4O2+. The van der Waals surface area contributed by atoms with Crippen LogP contribution in [-0.4, -0.2) is 47.2 Å². The molecule has 4 rings (SSSR count). The molecule has 6 heteroatoms. The quantitative estimate of drug-likeness (QED) is 0.435. The molecule has 3 aromatic rings. The number of anilines is 3. The average Bonchev–Trinajstić information content (AvgIpc) is 3.13. The number of nitrogens with zero attached hydrogens (tertiary/aromatic N) is 4. The molecule has 0 aromatic heterocycles. The smallest absolute Gasteiger partial charge is 0.378 e. The van der Waals surface area contributed by atoms with Crippen molar-refractivity contribution in [2.75, 3.05) is 56.0 Å². The van der Waals surface area contributed by atoms with Crippen LogP contribution in [0.4, 0.5) is 34.1 Å². The molecule has 0 saturated carbocycles. The molecule has 0 fully saturated rings. The van der Waals surface area contributed by atoms with Crippen LogP contribution in [0.2, 0.25) is 0 Å². The van der Waals surface area contributed by atoms with Gasteiger partial charge in [0.1, 0.15) is 5.56 Å². The van der Waals surface area contributed by atoms with Gasteiger partial charge in [0.15, 0.2) is 11.4 Å². The molecular weight excluding hydrogens is 412 g/mol. The molecule has 3 aromatic carbocycles. The predicted molar refractivity (Wildman–Crippen MR) is 138 cm³/mol. The zero-order valence-corrected chi connectivity index (χ0v) is 20.4. The second-order valence-electron chi connectivity index (χ2n) is 8.68. The fourth-order valence-corrected chi connectivity index (χ4v) is 4.42. The molecule has 0 saturated heterocycles. The van der Waals surface area contributed by atoms with E-state index in [-0.39, 0.29) is 10.6 Å². The highest BCUT2D eigenvalue weighted by Crippen LogP contribution is 2.51. The maximum absolute atomic E-state index is 13.3. The van der Waals surface area contributed by atoms with Crippen LogP contribution < -0.4 is 19.3 Å². The maximum Gasteiger partial charge on any atom is 0.405 e. The highest BCUT2D eigenvalue weighted by atomic mass is 16.8. The van der Waals surface area contributed by atoms with E-state index in [4.69, 9.17) is 4.84 Å². The molecule has 0 unspecified atom stereocenters. The minimum Gasteiger partial charge on any atom is -0.378 e. The SMILES string of the molecule is CCN(CC)c1ccc2c(c1)C(=O)O[N+]2(c1ccc(N(C)C)cc1)c1ccc(N(C)C)cc1. The second kappa shape index (κ2) is 8.79. The van der Waals surface area contributed by atoms with E-state index < -0.39 is 0 Å². The number of benzene rings is 3. The summed E-state index contributed by atoms with van der Waals surface area (Å²) in [6.45, 7) is 5.99. The van der Waals surface area contributed by atoms with Crippen molar-refractivity contribution in [3.63, 3.8) is 0 Å². The number of carbonyl (C=O) groups is 1. The van der Waals surface area contributed by atoms with Crippen molar-refractivity contribution in [1.29, 1.82) is 0 Å². The van der Waals surface area contributed by atoms with Crippen LogP contribution in [-0.2, 0) is 4.84 Å². The standard InChI is InChI=1S/C27H33N4O2/c1-7-30(8-2)22-13-18-26-25(19-22)27(32)33-31(26,23-14-9-20(10-15-23)28(3)4)24-16-11-21(12-17-24)29(5)6/h9-19H,7-8H2,1-6H3/q+1. The fourth-order valence-electron chi connectivity index (χ4n) is 4.42. The molecule has 0 aliphatic carbocycles. The van der Waals surface area contributed by atoms with Gasteiger partial charge < -0.3 is 14.7 Å². The van der Waals surface area contributed by atoms with Gasteiger partial charge in [-0.1, -0.05) is 0 Å². The molecule has 0 amide bonds. The van der Waals surface area contributed by atoms with Gasteiger partial charge in [-0.2, -0.15) is 0 Å². The van der Waals surface area contributed by atoms with Crippen molar-refractivity contribution in [2.24, 2.45) is 0 Å². The van der Waals surface area contributed by atoms with Gasteiger partial charge in [-0.25, -0.2) is 4.79 Å². The van der Waals surface area contributed by atoms with Gasteiger partial charge in [0, 0.05) is 88.7 Å². The Morgan fingerprint density at radius 1 is 0.697 bits per heavy atom. The predicted octanol–water partition coefficient (Wildman–Crippen LogP) is 5.72. The van der Waals surface area contributed by atoms with Crippen LogP contribution in [0.1, 0.15) is 24.2 Å². The molecule has 1 aliphatic heterocycles. The Labute approximate surface area is 196 Å². The molecule has 0 bridgehead atoms. The number of hydrogen-bond acceptors (Lipinski definition) is 5. The Morgan fingerprint density at radius 3 is 1.58 bits per heavy atom. The summed E-state index contributed by atoms with van der Waals surface area (Å²) < 4.78 is -0.0892. The van der Waals surface area contributed by atoms with E-state index in [0.717, 1.165) is 47.2 Å². The van der Waals surface area contributed by atoms with E-state index in [9.17, 15) is 4.79 Å². The van der Waals surface area contributed by atoms with Crippen molar-refractivity contribution in [2.45, 2.75) is 13.8 Å². The zero-order valence-electron chi connectivity index (χ0n) is 20.4. The van der Waals surface area contributed by atoms with Crippen molar-refractivity contribution >= 4 is 40.1 Å². The lowest BCUT2D eigenvalue weighted by molar-refractivity contribution is -0.0142. The van der Waals surface area contributed by atoms with Gasteiger partial charge in [0.25, 0.3) is 0 Å². The maximum atomic E-state index is 13.3. The molecule has 1 heterocycles. The Bertz CT molecular complexity index is 1080. The molecule has 172 valence electrons. The summed E-state index contributed by atoms with van der Waals surface area (Å²) in [5.41, 5.74) is 6.38. The van der Waals surface area contributed by atoms with E-state index in [0.29, 0.717) is 5.56 Å². The number of fused-ring (bicyclic) bond motifs is 1. The largest absolute Gasteiger partial charge is 0.405 e. The molecule has 0 N–H and O–H groups in total. The lowest BCUT2D eigenvalue weighted by Crippen LogP contribution is -2.36. The van der Waals surface area contributed by atoms with Crippen molar-refractivity contribution in [3.8, 4) is 0 Å². The fraction of sp³-hybridized carbons (Fsp3) is 0.296. The van der Waals surface area contributed by atoms with Crippen LogP contribution in [0.15, 0.2) is 66.7 Å². The average molecular weight is 446 g/mol. The zero-order chi connectivity index (χ0) is 23.8. The van der Waals surface area contributed by atoms with Crippen LogP contribution in [0.5, 0.6) is 0 Å². The van der Waals surface area contributed by atoms with Gasteiger partial charge in [-0.15, -0.1) is 0 Å². The highest BCUT2D eigenvalue weighted by Gasteiger charge is 2.51. The highest BCUT2D eigenvalue weighted by molar-refractivity contribution is 6.03. The third-order valence-corrected chi connectivity index (χ3v) is 6.35. The monoisotopic (exact) mass is 445 g/mol. The van der Waals surface area contributed by atoms with Crippen LogP contribution >= 0.6 is 0 Å². The normalized spacial score (nSPS) is 13.9. The van der Waals surface area contributed by atoms with Crippen LogP contribution in [0, 0.1) is 0 Å². The lowest BCUT2D eigenvalue weighted by Gasteiger charge is -2.29. The Hall–Kier alpha value is -3.51. The van der Waals surface area contributed by atoms with Crippen LogP contribution in [0.3, 0.4) is 0 Å². The van der Waals surface area contributed by atoms with Crippen molar-refractivity contribution in [1.82, 2.24) is 4.65 Å². The van der Waals surface area contributed by atoms with E-state index in [1.54, 1.807) is 0 Å². The minimum atomic E-state index is -0.313. The first kappa shape index (κ1) is 22.7. The first-order valence-electron chi connectivity index (χ1n) is 11.4. The summed E-state index contributed by atoms with van der Waals surface area (Å²) in [4.78, 5) is 25.8. The van der Waals surface area contributed by atoms with E-state index in [1.165, 1.54) is 0 Å². The van der Waals surface area contributed by atoms with Gasteiger partial charge in [0.2, 0.25) is 5.69 Å². The summed E-state index contributed by atoms with van der Waals surface area (Å²) in [6, 6.07) is 22.5. The molecule has 0 radical (unpaired) electrons. The number of carbonyl (C=O) groups excluding carboxylic acids is 1. The minimum absolute atomic E-state index is 0.0892. The summed E-state index contributed by atoms with van der Waals surface area (Å²) in [7, 11) is 8.05. The number of rotatable bonds is 7. The Balaban J connectivity index is 1.92. The molecule has 0 spiro atoms. The first-order chi connectivity index (χ1) is 15.8. The molecule has 33 heavy (non-hydrogen) atoms. The molecule has 0 atom stereocenters. The van der Waals surface area contributed by atoms with Crippen molar-refractivity contribution < 1.29 is 9.63 Å². The van der Waals surface area contributed by atoms with Gasteiger partial charge in [0.05, 0.1) is 0 Å². The third-order valence-electron chi connectivity index (χ3n) is 6.35. The summed E-state index contributed by atoms with van der Waals surface area (Å²) in [5, 5.41) is 0. The summed E-state index contributed by atoms with van der Waals surface area (Å²) >= 11 is 0. The first-order valence-corrected chi connectivity index (χ1v) is 11.4. The number of hydrogen-bond donors (Lipinski definition) is 0. The van der Waals surface area contributed by atoms with E-state index in [2.05, 4.69) is 58.9 Å². The molecule has 1 aliphatic rings. The van der Waals surface area contributed by atoms with Crippen LogP contribution in [0.25, 0.3) is 0 Å². The van der Waals surface area contributed by atoms with Gasteiger partial charge in [-0.3, -0.25) is 4.84 Å². The van der Waals surface area contributed by atoms with Crippen molar-refractivity contribution in [3.05, 3.63) is 72.3 Å².